The standard InChI is InChI=1S/C11H18O/c1-8(7-12)10-6-5-9(2)11(10,3)4/h5,7-8,10H,6H2,1-4H3. The van der Waals surface area contributed by atoms with Crippen LogP contribution in [0.1, 0.15) is 34.1 Å². The van der Waals surface area contributed by atoms with Gasteiger partial charge in [-0.05, 0) is 24.7 Å². The predicted octanol–water partition coefficient (Wildman–Crippen LogP) is 2.81. The Morgan fingerprint density at radius 2 is 2.25 bits per heavy atom. The van der Waals surface area contributed by atoms with E-state index in [0.29, 0.717) is 5.92 Å². The van der Waals surface area contributed by atoms with E-state index in [9.17, 15) is 4.79 Å². The third-order valence-electron chi connectivity index (χ3n) is 3.47. The van der Waals surface area contributed by atoms with Gasteiger partial charge in [-0.2, -0.15) is 0 Å². The number of allylic oxidation sites excluding steroid dienone is 2. The Morgan fingerprint density at radius 3 is 2.58 bits per heavy atom. The van der Waals surface area contributed by atoms with Crippen molar-refractivity contribution in [1.29, 1.82) is 0 Å². The van der Waals surface area contributed by atoms with Crippen molar-refractivity contribution in [2.45, 2.75) is 34.1 Å². The first-order chi connectivity index (χ1) is 5.50. The molecule has 1 rings (SSSR count). The van der Waals surface area contributed by atoms with Crippen LogP contribution in [0.15, 0.2) is 11.6 Å². The van der Waals surface area contributed by atoms with Gasteiger partial charge in [-0.15, -0.1) is 0 Å². The van der Waals surface area contributed by atoms with Crippen LogP contribution in [0.25, 0.3) is 0 Å². The van der Waals surface area contributed by atoms with Crippen LogP contribution in [0.2, 0.25) is 0 Å². The summed E-state index contributed by atoms with van der Waals surface area (Å²) in [5.41, 5.74) is 1.65. The summed E-state index contributed by atoms with van der Waals surface area (Å²) in [5.74, 6) is 0.698. The SMILES string of the molecule is CC1=CCC(C(C)C=O)C1(C)C. The van der Waals surface area contributed by atoms with Gasteiger partial charge in [0.2, 0.25) is 0 Å². The first-order valence-electron chi connectivity index (χ1n) is 4.62. The molecule has 0 amide bonds. The highest BCUT2D eigenvalue weighted by Crippen LogP contribution is 2.45. The van der Waals surface area contributed by atoms with Gasteiger partial charge < -0.3 is 4.79 Å². The van der Waals surface area contributed by atoms with Gasteiger partial charge in [0.1, 0.15) is 6.29 Å². The largest absolute Gasteiger partial charge is 0.303 e. The number of rotatable bonds is 2. The smallest absolute Gasteiger partial charge is 0.123 e. The van der Waals surface area contributed by atoms with Crippen LogP contribution in [-0.4, -0.2) is 6.29 Å². The lowest BCUT2D eigenvalue weighted by Gasteiger charge is -2.31. The lowest BCUT2D eigenvalue weighted by molar-refractivity contribution is -0.112. The highest BCUT2D eigenvalue weighted by Gasteiger charge is 2.37. The minimum atomic E-state index is 0.189. The van der Waals surface area contributed by atoms with Crippen LogP contribution in [0.3, 0.4) is 0 Å². The zero-order valence-corrected chi connectivity index (χ0v) is 8.42. The molecule has 0 saturated heterocycles. The van der Waals surface area contributed by atoms with E-state index >= 15 is 0 Å². The van der Waals surface area contributed by atoms with Crippen molar-refractivity contribution in [2.24, 2.45) is 17.3 Å². The van der Waals surface area contributed by atoms with Crippen molar-refractivity contribution in [3.05, 3.63) is 11.6 Å². The molecule has 1 aliphatic carbocycles. The maximum absolute atomic E-state index is 10.7. The molecule has 0 saturated carbocycles. The van der Waals surface area contributed by atoms with Gasteiger partial charge in [-0.3, -0.25) is 0 Å². The van der Waals surface area contributed by atoms with Crippen molar-refractivity contribution >= 4 is 6.29 Å². The van der Waals surface area contributed by atoms with E-state index in [0.717, 1.165) is 12.7 Å². The molecule has 0 aromatic rings. The maximum atomic E-state index is 10.7. The molecule has 1 heteroatoms. The monoisotopic (exact) mass is 166 g/mol. The number of hydrogen-bond acceptors (Lipinski definition) is 1. The van der Waals surface area contributed by atoms with Crippen LogP contribution >= 0.6 is 0 Å². The fraction of sp³-hybridized carbons (Fsp3) is 0.727. The Morgan fingerprint density at radius 1 is 1.67 bits per heavy atom. The first-order valence-corrected chi connectivity index (χ1v) is 4.62. The number of hydrogen-bond donors (Lipinski definition) is 0. The Bertz CT molecular complexity index is 213. The first kappa shape index (κ1) is 9.50. The summed E-state index contributed by atoms with van der Waals surface area (Å²) in [7, 11) is 0. The minimum Gasteiger partial charge on any atom is -0.303 e. The van der Waals surface area contributed by atoms with Gasteiger partial charge in [-0.1, -0.05) is 32.4 Å². The van der Waals surface area contributed by atoms with Gasteiger partial charge in [0.15, 0.2) is 0 Å². The molecule has 0 aromatic carbocycles. The van der Waals surface area contributed by atoms with Crippen molar-refractivity contribution in [1.82, 2.24) is 0 Å². The Balaban J connectivity index is 2.80. The molecule has 0 N–H and O–H groups in total. The number of aldehydes is 1. The van der Waals surface area contributed by atoms with E-state index in [1.807, 2.05) is 6.92 Å². The second-order valence-corrected chi connectivity index (χ2v) is 4.45. The van der Waals surface area contributed by atoms with E-state index in [2.05, 4.69) is 26.8 Å². The second-order valence-electron chi connectivity index (χ2n) is 4.45. The molecule has 0 aliphatic heterocycles. The molecular weight excluding hydrogens is 148 g/mol. The van der Waals surface area contributed by atoms with E-state index in [4.69, 9.17) is 0 Å². The van der Waals surface area contributed by atoms with Crippen molar-refractivity contribution in [2.75, 3.05) is 0 Å². The zero-order valence-electron chi connectivity index (χ0n) is 8.42. The van der Waals surface area contributed by atoms with Crippen molar-refractivity contribution in [3.63, 3.8) is 0 Å². The minimum absolute atomic E-state index is 0.189. The Hall–Kier alpha value is -0.590. The highest BCUT2D eigenvalue weighted by atomic mass is 16.1. The second kappa shape index (κ2) is 3.04. The van der Waals surface area contributed by atoms with E-state index in [1.165, 1.54) is 5.57 Å². The van der Waals surface area contributed by atoms with E-state index < -0.39 is 0 Å². The molecule has 68 valence electrons. The summed E-state index contributed by atoms with van der Waals surface area (Å²) in [6, 6.07) is 0. The van der Waals surface area contributed by atoms with Crippen LogP contribution in [0, 0.1) is 17.3 Å². The molecule has 1 aliphatic rings. The highest BCUT2D eigenvalue weighted by molar-refractivity contribution is 5.54. The summed E-state index contributed by atoms with van der Waals surface area (Å²) < 4.78 is 0. The summed E-state index contributed by atoms with van der Waals surface area (Å²) in [6.45, 7) is 8.65. The van der Waals surface area contributed by atoms with Gasteiger partial charge in [0, 0.05) is 5.92 Å². The third-order valence-corrected chi connectivity index (χ3v) is 3.47. The average Bonchev–Trinajstić information content (AvgIpc) is 2.27. The maximum Gasteiger partial charge on any atom is 0.123 e. The third kappa shape index (κ3) is 1.33. The molecule has 12 heavy (non-hydrogen) atoms. The van der Waals surface area contributed by atoms with Crippen LogP contribution in [0.4, 0.5) is 0 Å². The lowest BCUT2D eigenvalue weighted by atomic mass is 9.72. The molecule has 2 atom stereocenters. The average molecular weight is 166 g/mol. The van der Waals surface area contributed by atoms with E-state index in [-0.39, 0.29) is 11.3 Å². The van der Waals surface area contributed by atoms with Crippen LogP contribution < -0.4 is 0 Å². The Labute approximate surface area is 74.9 Å². The van der Waals surface area contributed by atoms with Gasteiger partial charge in [-0.25, -0.2) is 0 Å². The summed E-state index contributed by atoms with van der Waals surface area (Å²) in [5, 5.41) is 0. The molecule has 0 heterocycles. The van der Waals surface area contributed by atoms with Crippen LogP contribution in [0.5, 0.6) is 0 Å². The fourth-order valence-corrected chi connectivity index (χ4v) is 2.12. The fourth-order valence-electron chi connectivity index (χ4n) is 2.12. The quantitative estimate of drug-likeness (QED) is 0.455. The van der Waals surface area contributed by atoms with E-state index in [1.54, 1.807) is 0 Å². The van der Waals surface area contributed by atoms with Crippen molar-refractivity contribution < 1.29 is 4.79 Å². The van der Waals surface area contributed by atoms with Crippen LogP contribution in [-0.2, 0) is 4.79 Å². The van der Waals surface area contributed by atoms with Gasteiger partial charge in [0.25, 0.3) is 0 Å². The molecule has 0 aromatic heterocycles. The molecule has 0 spiro atoms. The molecule has 0 fully saturated rings. The zero-order chi connectivity index (χ0) is 9.35. The normalized spacial score (nSPS) is 29.7. The topological polar surface area (TPSA) is 17.1 Å². The van der Waals surface area contributed by atoms with Gasteiger partial charge >= 0.3 is 0 Å². The summed E-state index contributed by atoms with van der Waals surface area (Å²) in [4.78, 5) is 10.7. The number of carbonyl (C=O) groups is 1. The molecule has 0 radical (unpaired) electrons. The number of carbonyl (C=O) groups excluding carboxylic acids is 1. The lowest BCUT2D eigenvalue weighted by Crippen LogP contribution is -2.26. The summed E-state index contributed by atoms with van der Waals surface area (Å²) >= 11 is 0. The van der Waals surface area contributed by atoms with Gasteiger partial charge in [0.05, 0.1) is 0 Å². The summed E-state index contributed by atoms with van der Waals surface area (Å²) in [6.07, 6.45) is 4.42. The predicted molar refractivity (Wildman–Crippen MR) is 50.9 cm³/mol. The molecular formula is C11H18O. The molecule has 1 nitrogen and oxygen atoms in total. The molecule has 2 unspecified atom stereocenters. The Kier molecular flexibility index (Phi) is 2.41. The molecule has 0 bridgehead atoms. The van der Waals surface area contributed by atoms with Crippen molar-refractivity contribution in [3.8, 4) is 0 Å².